The van der Waals surface area contributed by atoms with Gasteiger partial charge < -0.3 is 9.64 Å². The molecule has 1 saturated heterocycles. The predicted molar refractivity (Wildman–Crippen MR) is 76.8 cm³/mol. The molecule has 0 unspecified atom stereocenters. The third-order valence-corrected chi connectivity index (χ3v) is 3.58. The predicted octanol–water partition coefficient (Wildman–Crippen LogP) is 0.779. The minimum Gasteiger partial charge on any atom is -0.469 e. The molecule has 2 heterocycles. The number of ether oxygens (including phenoxy) is 1. The first-order chi connectivity index (χ1) is 9.60. The second-order valence-corrected chi connectivity index (χ2v) is 5.08. The second-order valence-electron chi connectivity index (χ2n) is 5.08. The van der Waals surface area contributed by atoms with Crippen LogP contribution in [0.15, 0.2) is 6.20 Å². The molecule has 0 atom stereocenters. The van der Waals surface area contributed by atoms with Crippen LogP contribution in [-0.4, -0.2) is 60.7 Å². The zero-order valence-electron chi connectivity index (χ0n) is 12.4. The van der Waals surface area contributed by atoms with Gasteiger partial charge in [-0.15, -0.1) is 0 Å². The van der Waals surface area contributed by atoms with Crippen molar-refractivity contribution in [1.29, 1.82) is 0 Å². The summed E-state index contributed by atoms with van der Waals surface area (Å²) in [4.78, 5) is 24.6. The monoisotopic (exact) mass is 278 g/mol. The minimum absolute atomic E-state index is 0.146. The van der Waals surface area contributed by atoms with Crippen LogP contribution in [0.3, 0.4) is 0 Å². The van der Waals surface area contributed by atoms with Crippen molar-refractivity contribution in [3.8, 4) is 0 Å². The van der Waals surface area contributed by atoms with Gasteiger partial charge in [0.1, 0.15) is 5.82 Å². The highest BCUT2D eigenvalue weighted by atomic mass is 16.5. The van der Waals surface area contributed by atoms with Crippen molar-refractivity contribution in [2.45, 2.75) is 20.3 Å². The number of rotatable bonds is 4. The molecule has 1 aromatic rings. The number of aromatic nitrogens is 2. The maximum Gasteiger partial charge on any atom is 0.306 e. The van der Waals surface area contributed by atoms with Gasteiger partial charge in [-0.25, -0.2) is 4.98 Å². The lowest BCUT2D eigenvalue weighted by atomic mass is 10.2. The summed E-state index contributed by atoms with van der Waals surface area (Å²) in [5.74, 6) is 0.838. The Kier molecular flexibility index (Phi) is 4.89. The van der Waals surface area contributed by atoms with E-state index in [4.69, 9.17) is 0 Å². The summed E-state index contributed by atoms with van der Waals surface area (Å²) < 4.78 is 4.67. The fourth-order valence-electron chi connectivity index (χ4n) is 2.36. The second kappa shape index (κ2) is 6.65. The number of nitrogens with zero attached hydrogens (tertiary/aromatic N) is 4. The SMILES string of the molecule is COC(=O)CCN1CCN(c2nc(C)cnc2C)CC1. The van der Waals surface area contributed by atoms with Crippen molar-refractivity contribution in [3.05, 3.63) is 17.6 Å². The minimum atomic E-state index is -0.146. The van der Waals surface area contributed by atoms with E-state index in [-0.39, 0.29) is 5.97 Å². The molecule has 110 valence electrons. The summed E-state index contributed by atoms with van der Waals surface area (Å²) in [7, 11) is 1.43. The van der Waals surface area contributed by atoms with Gasteiger partial charge in [0, 0.05) is 38.9 Å². The molecule has 2 rings (SSSR count). The van der Waals surface area contributed by atoms with Crippen LogP contribution in [0.1, 0.15) is 17.8 Å². The van der Waals surface area contributed by atoms with Crippen molar-refractivity contribution < 1.29 is 9.53 Å². The molecule has 0 saturated carbocycles. The van der Waals surface area contributed by atoms with Gasteiger partial charge in [0.25, 0.3) is 0 Å². The third-order valence-electron chi connectivity index (χ3n) is 3.58. The van der Waals surface area contributed by atoms with E-state index in [1.54, 1.807) is 6.20 Å². The Labute approximate surface area is 119 Å². The van der Waals surface area contributed by atoms with E-state index >= 15 is 0 Å². The number of methoxy groups -OCH3 is 1. The van der Waals surface area contributed by atoms with Gasteiger partial charge >= 0.3 is 5.97 Å². The molecule has 6 nitrogen and oxygen atoms in total. The summed E-state index contributed by atoms with van der Waals surface area (Å²) in [6, 6.07) is 0. The van der Waals surface area contributed by atoms with Gasteiger partial charge in [-0.1, -0.05) is 0 Å². The number of piperazine rings is 1. The Bertz CT molecular complexity index is 470. The highest BCUT2D eigenvalue weighted by Gasteiger charge is 2.20. The molecule has 0 N–H and O–H groups in total. The first-order valence-electron chi connectivity index (χ1n) is 6.94. The lowest BCUT2D eigenvalue weighted by Gasteiger charge is -2.35. The van der Waals surface area contributed by atoms with E-state index in [0.717, 1.165) is 49.9 Å². The number of aryl methyl sites for hydroxylation is 2. The van der Waals surface area contributed by atoms with Crippen molar-refractivity contribution in [1.82, 2.24) is 14.9 Å². The lowest BCUT2D eigenvalue weighted by molar-refractivity contribution is -0.141. The highest BCUT2D eigenvalue weighted by Crippen LogP contribution is 2.17. The molecule has 1 aliphatic rings. The molecular formula is C14H22N4O2. The maximum absolute atomic E-state index is 11.1. The van der Waals surface area contributed by atoms with E-state index in [2.05, 4.69) is 24.5 Å². The Morgan fingerprint density at radius 1 is 1.30 bits per heavy atom. The summed E-state index contributed by atoms with van der Waals surface area (Å²) in [5.41, 5.74) is 1.91. The fourth-order valence-corrected chi connectivity index (χ4v) is 2.36. The first kappa shape index (κ1) is 14.7. The van der Waals surface area contributed by atoms with Crippen molar-refractivity contribution in [3.63, 3.8) is 0 Å². The normalized spacial score (nSPS) is 16.2. The smallest absolute Gasteiger partial charge is 0.306 e. The van der Waals surface area contributed by atoms with Gasteiger partial charge in [0.05, 0.1) is 24.9 Å². The van der Waals surface area contributed by atoms with Crippen molar-refractivity contribution in [2.75, 3.05) is 44.7 Å². The van der Waals surface area contributed by atoms with Gasteiger partial charge in [-0.3, -0.25) is 14.7 Å². The van der Waals surface area contributed by atoms with Crippen molar-refractivity contribution >= 4 is 11.8 Å². The quantitative estimate of drug-likeness (QED) is 0.759. The molecule has 0 aromatic carbocycles. The van der Waals surface area contributed by atoms with Crippen LogP contribution in [0, 0.1) is 13.8 Å². The molecule has 0 radical (unpaired) electrons. The molecule has 0 amide bonds. The van der Waals surface area contributed by atoms with Gasteiger partial charge in [-0.2, -0.15) is 0 Å². The van der Waals surface area contributed by atoms with Gasteiger partial charge in [0.15, 0.2) is 0 Å². The highest BCUT2D eigenvalue weighted by molar-refractivity contribution is 5.69. The number of esters is 1. The van der Waals surface area contributed by atoms with Gasteiger partial charge in [-0.05, 0) is 13.8 Å². The molecule has 0 spiro atoms. The molecule has 1 aliphatic heterocycles. The number of carbonyl (C=O) groups is 1. The molecule has 1 fully saturated rings. The molecule has 0 aliphatic carbocycles. The summed E-state index contributed by atoms with van der Waals surface area (Å²) in [6.45, 7) is 8.42. The van der Waals surface area contributed by atoms with E-state index in [1.807, 2.05) is 13.8 Å². The summed E-state index contributed by atoms with van der Waals surface area (Å²) in [6.07, 6.45) is 2.26. The van der Waals surface area contributed by atoms with Gasteiger partial charge in [0.2, 0.25) is 0 Å². The van der Waals surface area contributed by atoms with E-state index in [9.17, 15) is 4.79 Å². The van der Waals surface area contributed by atoms with Crippen LogP contribution in [0.2, 0.25) is 0 Å². The zero-order valence-corrected chi connectivity index (χ0v) is 12.4. The fraction of sp³-hybridized carbons (Fsp3) is 0.643. The third kappa shape index (κ3) is 3.66. The molecule has 6 heteroatoms. The standard InChI is InChI=1S/C14H22N4O2/c1-11-10-15-12(2)14(16-11)18-8-6-17(7-9-18)5-4-13(19)20-3/h10H,4-9H2,1-3H3. The van der Waals surface area contributed by atoms with Crippen LogP contribution < -0.4 is 4.90 Å². The lowest BCUT2D eigenvalue weighted by Crippen LogP contribution is -2.47. The average molecular weight is 278 g/mol. The topological polar surface area (TPSA) is 58.6 Å². The van der Waals surface area contributed by atoms with E-state index in [0.29, 0.717) is 6.42 Å². The van der Waals surface area contributed by atoms with E-state index < -0.39 is 0 Å². The number of hydrogen-bond donors (Lipinski definition) is 0. The number of hydrogen-bond acceptors (Lipinski definition) is 6. The molecule has 0 bridgehead atoms. The van der Waals surface area contributed by atoms with Crippen molar-refractivity contribution in [2.24, 2.45) is 0 Å². The number of carbonyl (C=O) groups excluding carboxylic acids is 1. The van der Waals surface area contributed by atoms with Crippen LogP contribution in [0.25, 0.3) is 0 Å². The Morgan fingerprint density at radius 2 is 2.00 bits per heavy atom. The maximum atomic E-state index is 11.1. The van der Waals surface area contributed by atoms with Crippen LogP contribution in [0.5, 0.6) is 0 Å². The Balaban J connectivity index is 1.88. The zero-order chi connectivity index (χ0) is 14.5. The summed E-state index contributed by atoms with van der Waals surface area (Å²) in [5, 5.41) is 0. The first-order valence-corrected chi connectivity index (χ1v) is 6.94. The molecule has 20 heavy (non-hydrogen) atoms. The van der Waals surface area contributed by atoms with E-state index in [1.165, 1.54) is 7.11 Å². The summed E-state index contributed by atoms with van der Waals surface area (Å²) >= 11 is 0. The average Bonchev–Trinajstić information content (AvgIpc) is 2.48. The van der Waals surface area contributed by atoms with Crippen LogP contribution in [0.4, 0.5) is 5.82 Å². The largest absolute Gasteiger partial charge is 0.469 e. The van der Waals surface area contributed by atoms with Crippen LogP contribution in [-0.2, 0) is 9.53 Å². The number of anilines is 1. The Morgan fingerprint density at radius 3 is 2.65 bits per heavy atom. The Hall–Kier alpha value is -1.69. The molecule has 1 aromatic heterocycles. The van der Waals surface area contributed by atoms with Crippen LogP contribution >= 0.6 is 0 Å². The molecular weight excluding hydrogens is 256 g/mol.